The number of nitrogens with one attached hydrogen (secondary N) is 1. The van der Waals surface area contributed by atoms with E-state index in [0.29, 0.717) is 6.61 Å². The summed E-state index contributed by atoms with van der Waals surface area (Å²) in [6.07, 6.45) is 4.60. The molecule has 0 aliphatic heterocycles. The van der Waals surface area contributed by atoms with E-state index in [0.717, 1.165) is 24.5 Å². The fourth-order valence-corrected chi connectivity index (χ4v) is 1.89. The van der Waals surface area contributed by atoms with Gasteiger partial charge in [-0.2, -0.15) is 0 Å². The van der Waals surface area contributed by atoms with Crippen molar-refractivity contribution in [2.45, 2.75) is 19.9 Å². The van der Waals surface area contributed by atoms with Crippen LogP contribution in [-0.2, 0) is 6.54 Å². The highest BCUT2D eigenvalue weighted by molar-refractivity contribution is 7.09. The summed E-state index contributed by atoms with van der Waals surface area (Å²) in [5.41, 5.74) is 1.82. The molecular weight excluding hydrogens is 234 g/mol. The quantitative estimate of drug-likeness (QED) is 0.855. The van der Waals surface area contributed by atoms with Crippen LogP contribution in [0.3, 0.4) is 0 Å². The molecule has 0 saturated heterocycles. The maximum atomic E-state index is 5.62. The lowest BCUT2D eigenvalue weighted by Gasteiger charge is -2.10. The van der Waals surface area contributed by atoms with Crippen molar-refractivity contribution in [3.8, 4) is 5.75 Å². The van der Waals surface area contributed by atoms with Crippen LogP contribution in [0.2, 0.25) is 0 Å². The summed E-state index contributed by atoms with van der Waals surface area (Å²) in [7, 11) is 0. The maximum Gasteiger partial charge on any atom is 0.169 e. The molecule has 2 aromatic rings. The predicted octanol–water partition coefficient (Wildman–Crippen LogP) is 2.94. The van der Waals surface area contributed by atoms with Gasteiger partial charge in [0, 0.05) is 17.3 Å². The summed E-state index contributed by atoms with van der Waals surface area (Å²) in [5, 5.41) is 3.26. The van der Waals surface area contributed by atoms with Gasteiger partial charge < -0.3 is 10.1 Å². The van der Waals surface area contributed by atoms with Gasteiger partial charge in [-0.1, -0.05) is 6.92 Å². The van der Waals surface area contributed by atoms with E-state index in [4.69, 9.17) is 4.74 Å². The third-order valence-electron chi connectivity index (χ3n) is 2.15. The van der Waals surface area contributed by atoms with Gasteiger partial charge >= 0.3 is 0 Å². The molecule has 0 atom stereocenters. The number of pyridine rings is 1. The fraction of sp³-hybridized carbons (Fsp3) is 0.333. The van der Waals surface area contributed by atoms with Gasteiger partial charge in [-0.05, 0) is 18.6 Å². The van der Waals surface area contributed by atoms with E-state index in [9.17, 15) is 0 Å². The normalized spacial score (nSPS) is 10.2. The molecule has 2 aromatic heterocycles. The summed E-state index contributed by atoms with van der Waals surface area (Å²) >= 11 is 1.62. The first-order chi connectivity index (χ1) is 8.40. The van der Waals surface area contributed by atoms with Crippen LogP contribution in [0.4, 0.5) is 5.82 Å². The first kappa shape index (κ1) is 11.9. The Morgan fingerprint density at radius 2 is 2.41 bits per heavy atom. The Kier molecular flexibility index (Phi) is 4.32. The van der Waals surface area contributed by atoms with E-state index >= 15 is 0 Å². The zero-order chi connectivity index (χ0) is 11.9. The van der Waals surface area contributed by atoms with Crippen molar-refractivity contribution >= 4 is 17.2 Å². The highest BCUT2D eigenvalue weighted by Crippen LogP contribution is 2.22. The van der Waals surface area contributed by atoms with Crippen LogP contribution in [0, 0.1) is 0 Å². The van der Waals surface area contributed by atoms with Gasteiger partial charge in [-0.25, -0.2) is 4.98 Å². The van der Waals surface area contributed by atoms with Crippen LogP contribution in [0.15, 0.2) is 30.0 Å². The Labute approximate surface area is 105 Å². The minimum atomic E-state index is 0.709. The molecule has 0 unspecified atom stereocenters. The van der Waals surface area contributed by atoms with Crippen molar-refractivity contribution in [1.29, 1.82) is 0 Å². The van der Waals surface area contributed by atoms with Crippen molar-refractivity contribution in [2.24, 2.45) is 0 Å². The number of hydrogen-bond acceptors (Lipinski definition) is 5. The van der Waals surface area contributed by atoms with Gasteiger partial charge in [-0.3, -0.25) is 4.98 Å². The van der Waals surface area contributed by atoms with Gasteiger partial charge in [0.05, 0.1) is 18.7 Å². The Morgan fingerprint density at radius 1 is 1.47 bits per heavy atom. The topological polar surface area (TPSA) is 47.0 Å². The molecule has 0 fully saturated rings. The van der Waals surface area contributed by atoms with Gasteiger partial charge in [0.1, 0.15) is 0 Å². The standard InChI is InChI=1S/C12H15N3OS/c1-2-6-16-11-4-3-5-14-12(11)15-8-10-7-13-9-17-10/h3-5,7,9H,2,6,8H2,1H3,(H,14,15). The summed E-state index contributed by atoms with van der Waals surface area (Å²) < 4.78 is 5.62. The van der Waals surface area contributed by atoms with E-state index < -0.39 is 0 Å². The van der Waals surface area contributed by atoms with Gasteiger partial charge in [0.25, 0.3) is 0 Å². The van der Waals surface area contributed by atoms with Gasteiger partial charge in [0.15, 0.2) is 11.6 Å². The van der Waals surface area contributed by atoms with Crippen molar-refractivity contribution < 1.29 is 4.74 Å². The molecule has 0 aliphatic carbocycles. The number of aromatic nitrogens is 2. The van der Waals surface area contributed by atoms with Crippen LogP contribution in [0.25, 0.3) is 0 Å². The first-order valence-corrected chi connectivity index (χ1v) is 6.47. The largest absolute Gasteiger partial charge is 0.490 e. The van der Waals surface area contributed by atoms with Crippen LogP contribution in [0.5, 0.6) is 5.75 Å². The molecule has 1 N–H and O–H groups in total. The molecule has 0 aromatic carbocycles. The zero-order valence-corrected chi connectivity index (χ0v) is 10.5. The minimum Gasteiger partial charge on any atom is -0.490 e. The lowest BCUT2D eigenvalue weighted by molar-refractivity contribution is 0.318. The Morgan fingerprint density at radius 3 is 3.18 bits per heavy atom. The van der Waals surface area contributed by atoms with E-state index in [2.05, 4.69) is 22.2 Å². The van der Waals surface area contributed by atoms with E-state index in [1.54, 1.807) is 17.5 Å². The fourth-order valence-electron chi connectivity index (χ4n) is 1.35. The summed E-state index contributed by atoms with van der Waals surface area (Å²) in [4.78, 5) is 9.49. The SMILES string of the molecule is CCCOc1cccnc1NCc1cncs1. The molecule has 0 radical (unpaired) electrons. The maximum absolute atomic E-state index is 5.62. The Bertz CT molecular complexity index is 445. The highest BCUT2D eigenvalue weighted by Gasteiger charge is 2.04. The first-order valence-electron chi connectivity index (χ1n) is 5.59. The van der Waals surface area contributed by atoms with Crippen LogP contribution < -0.4 is 10.1 Å². The second-order valence-electron chi connectivity index (χ2n) is 3.52. The van der Waals surface area contributed by atoms with E-state index in [1.807, 2.05) is 23.8 Å². The highest BCUT2D eigenvalue weighted by atomic mass is 32.1. The molecule has 0 saturated carbocycles. The Balaban J connectivity index is 1.99. The van der Waals surface area contributed by atoms with Gasteiger partial charge in [0.2, 0.25) is 0 Å². The van der Waals surface area contributed by atoms with E-state index in [-0.39, 0.29) is 0 Å². The monoisotopic (exact) mass is 249 g/mol. The average Bonchev–Trinajstić information content (AvgIpc) is 2.88. The van der Waals surface area contributed by atoms with Crippen molar-refractivity contribution in [3.05, 3.63) is 34.9 Å². The lowest BCUT2D eigenvalue weighted by Crippen LogP contribution is -2.04. The molecule has 5 heteroatoms. The predicted molar refractivity (Wildman–Crippen MR) is 69.5 cm³/mol. The van der Waals surface area contributed by atoms with Gasteiger partial charge in [-0.15, -0.1) is 11.3 Å². The third-order valence-corrected chi connectivity index (χ3v) is 2.93. The molecule has 0 amide bonds. The Hall–Kier alpha value is -1.62. The van der Waals surface area contributed by atoms with Crippen LogP contribution in [-0.4, -0.2) is 16.6 Å². The summed E-state index contributed by atoms with van der Waals surface area (Å²) in [6, 6.07) is 3.81. The minimum absolute atomic E-state index is 0.709. The molecule has 90 valence electrons. The van der Waals surface area contributed by atoms with Crippen LogP contribution >= 0.6 is 11.3 Å². The number of anilines is 1. The molecule has 2 heterocycles. The van der Waals surface area contributed by atoms with Crippen molar-refractivity contribution in [3.63, 3.8) is 0 Å². The molecule has 0 bridgehead atoms. The van der Waals surface area contributed by atoms with Crippen molar-refractivity contribution in [1.82, 2.24) is 9.97 Å². The molecular formula is C12H15N3OS. The number of thiazole rings is 1. The number of hydrogen-bond donors (Lipinski definition) is 1. The number of rotatable bonds is 6. The molecule has 0 aliphatic rings. The zero-order valence-electron chi connectivity index (χ0n) is 9.72. The third kappa shape index (κ3) is 3.42. The number of nitrogens with zero attached hydrogens (tertiary/aromatic N) is 2. The summed E-state index contributed by atoms with van der Waals surface area (Å²) in [5.74, 6) is 1.59. The molecule has 2 rings (SSSR count). The molecule has 17 heavy (non-hydrogen) atoms. The molecule has 4 nitrogen and oxygen atoms in total. The van der Waals surface area contributed by atoms with E-state index in [1.165, 1.54) is 4.88 Å². The lowest BCUT2D eigenvalue weighted by atomic mass is 10.4. The van der Waals surface area contributed by atoms with Crippen molar-refractivity contribution in [2.75, 3.05) is 11.9 Å². The molecule has 0 spiro atoms. The summed E-state index contributed by atoms with van der Waals surface area (Å²) in [6.45, 7) is 3.52. The average molecular weight is 249 g/mol. The second kappa shape index (κ2) is 6.20. The van der Waals surface area contributed by atoms with Crippen LogP contribution in [0.1, 0.15) is 18.2 Å². The number of ether oxygens (including phenoxy) is 1. The second-order valence-corrected chi connectivity index (χ2v) is 4.49. The smallest absolute Gasteiger partial charge is 0.169 e.